The van der Waals surface area contributed by atoms with E-state index in [1.54, 1.807) is 6.07 Å². The maximum Gasteiger partial charge on any atom is 0.256 e. The van der Waals surface area contributed by atoms with Gasteiger partial charge in [-0.2, -0.15) is 0 Å². The average Bonchev–Trinajstić information content (AvgIpc) is 3.03. The van der Waals surface area contributed by atoms with Crippen LogP contribution in [0.15, 0.2) is 65.6 Å². The molecular formula is C18H13N3O2. The van der Waals surface area contributed by atoms with Gasteiger partial charge >= 0.3 is 0 Å². The number of hydrogen-bond donors (Lipinski definition) is 3. The molecule has 0 aliphatic heterocycles. The number of rotatable bonds is 2. The smallest absolute Gasteiger partial charge is 0.256 e. The van der Waals surface area contributed by atoms with Crippen molar-refractivity contribution in [2.45, 2.75) is 0 Å². The number of hydrogen-bond acceptors (Lipinski definition) is 2. The number of anilines is 1. The Kier molecular flexibility index (Phi) is 2.98. The Hall–Kier alpha value is -3.34. The molecule has 0 saturated heterocycles. The SMILES string of the molecule is O=C(Nc1cccc2[nH]ccc12)c1cc(=O)[nH]c2ccccc12. The fraction of sp³-hybridized carbons (Fsp3) is 0. The van der Waals surface area contributed by atoms with Gasteiger partial charge in [-0.1, -0.05) is 24.3 Å². The van der Waals surface area contributed by atoms with Gasteiger partial charge in [0, 0.05) is 34.1 Å². The van der Waals surface area contributed by atoms with Crippen molar-refractivity contribution in [1.29, 1.82) is 0 Å². The van der Waals surface area contributed by atoms with Gasteiger partial charge in [0.2, 0.25) is 5.56 Å². The summed E-state index contributed by atoms with van der Waals surface area (Å²) in [6.45, 7) is 0. The van der Waals surface area contributed by atoms with Crippen molar-refractivity contribution >= 4 is 33.4 Å². The van der Waals surface area contributed by atoms with Crippen LogP contribution in [0.1, 0.15) is 10.4 Å². The maximum absolute atomic E-state index is 12.7. The lowest BCUT2D eigenvalue weighted by atomic mass is 10.1. The topological polar surface area (TPSA) is 77.8 Å². The largest absolute Gasteiger partial charge is 0.361 e. The van der Waals surface area contributed by atoms with E-state index in [-0.39, 0.29) is 11.5 Å². The monoisotopic (exact) mass is 303 g/mol. The number of aromatic amines is 2. The van der Waals surface area contributed by atoms with Crippen molar-refractivity contribution in [3.05, 3.63) is 76.7 Å². The van der Waals surface area contributed by atoms with Gasteiger partial charge in [-0.05, 0) is 24.3 Å². The summed E-state index contributed by atoms with van der Waals surface area (Å²) in [6.07, 6.45) is 1.82. The molecule has 2 heterocycles. The van der Waals surface area contributed by atoms with Crippen LogP contribution in [0.4, 0.5) is 5.69 Å². The summed E-state index contributed by atoms with van der Waals surface area (Å²) in [5.41, 5.74) is 2.35. The van der Waals surface area contributed by atoms with E-state index in [1.165, 1.54) is 6.07 Å². The molecular weight excluding hydrogens is 290 g/mol. The minimum Gasteiger partial charge on any atom is -0.361 e. The molecule has 5 nitrogen and oxygen atoms in total. The molecule has 3 N–H and O–H groups in total. The quantitative estimate of drug-likeness (QED) is 0.531. The molecule has 1 amide bonds. The first-order chi connectivity index (χ1) is 11.2. The van der Waals surface area contributed by atoms with Crippen LogP contribution in [0, 0.1) is 0 Å². The Bertz CT molecular complexity index is 1090. The maximum atomic E-state index is 12.7. The Morgan fingerprint density at radius 3 is 2.65 bits per heavy atom. The summed E-state index contributed by atoms with van der Waals surface area (Å²) in [6, 6.07) is 16.1. The van der Waals surface area contributed by atoms with Crippen molar-refractivity contribution in [3.63, 3.8) is 0 Å². The van der Waals surface area contributed by atoms with Crippen molar-refractivity contribution < 1.29 is 4.79 Å². The normalized spacial score (nSPS) is 11.0. The number of amides is 1. The van der Waals surface area contributed by atoms with Gasteiger partial charge in [0.25, 0.3) is 5.91 Å². The van der Waals surface area contributed by atoms with Gasteiger partial charge in [-0.25, -0.2) is 0 Å². The molecule has 0 spiro atoms. The minimum absolute atomic E-state index is 0.297. The van der Waals surface area contributed by atoms with Crippen LogP contribution in [0.25, 0.3) is 21.8 Å². The van der Waals surface area contributed by atoms with E-state index < -0.39 is 0 Å². The van der Waals surface area contributed by atoms with Crippen LogP contribution in [0.5, 0.6) is 0 Å². The highest BCUT2D eigenvalue weighted by molar-refractivity contribution is 6.14. The zero-order valence-electron chi connectivity index (χ0n) is 12.1. The number of H-pyrrole nitrogens is 2. The summed E-state index contributed by atoms with van der Waals surface area (Å²) in [7, 11) is 0. The third kappa shape index (κ3) is 2.28. The molecule has 0 unspecified atom stereocenters. The van der Waals surface area contributed by atoms with E-state index in [4.69, 9.17) is 0 Å². The number of carbonyl (C=O) groups is 1. The second-order valence-electron chi connectivity index (χ2n) is 5.29. The number of nitrogens with one attached hydrogen (secondary N) is 3. The third-order valence-corrected chi connectivity index (χ3v) is 3.84. The fourth-order valence-electron chi connectivity index (χ4n) is 2.78. The molecule has 4 aromatic rings. The van der Waals surface area contributed by atoms with E-state index >= 15 is 0 Å². The lowest BCUT2D eigenvalue weighted by Crippen LogP contribution is -2.16. The first-order valence-corrected chi connectivity index (χ1v) is 7.22. The second kappa shape index (κ2) is 5.14. The molecule has 2 aromatic heterocycles. The Morgan fingerprint density at radius 2 is 1.74 bits per heavy atom. The summed E-state index contributed by atoms with van der Waals surface area (Å²) in [5.74, 6) is -0.305. The van der Waals surface area contributed by atoms with Crippen molar-refractivity contribution in [3.8, 4) is 0 Å². The Labute approximate surface area is 131 Å². The summed E-state index contributed by atoms with van der Waals surface area (Å²) in [4.78, 5) is 30.3. The van der Waals surface area contributed by atoms with Crippen LogP contribution in [0.2, 0.25) is 0 Å². The molecule has 4 rings (SSSR count). The standard InChI is InChI=1S/C18H13N3O2/c22-17-10-13(11-4-1-2-5-15(11)20-17)18(23)21-16-7-3-6-14-12(16)8-9-19-14/h1-10,19H,(H,20,22)(H,21,23). The molecule has 5 heteroatoms. The van der Waals surface area contributed by atoms with Crippen LogP contribution < -0.4 is 10.9 Å². The average molecular weight is 303 g/mol. The lowest BCUT2D eigenvalue weighted by Gasteiger charge is -2.09. The molecule has 0 fully saturated rings. The number of carbonyl (C=O) groups excluding carboxylic acids is 1. The van der Waals surface area contributed by atoms with Gasteiger partial charge in [0.05, 0.1) is 11.3 Å². The van der Waals surface area contributed by atoms with Crippen molar-refractivity contribution in [2.24, 2.45) is 0 Å². The predicted octanol–water partition coefficient (Wildman–Crippen LogP) is 3.26. The van der Waals surface area contributed by atoms with Crippen molar-refractivity contribution in [1.82, 2.24) is 9.97 Å². The van der Waals surface area contributed by atoms with Crippen LogP contribution >= 0.6 is 0 Å². The van der Waals surface area contributed by atoms with Gasteiger partial charge in [0.15, 0.2) is 0 Å². The number of aromatic nitrogens is 2. The van der Waals surface area contributed by atoms with Gasteiger partial charge in [-0.3, -0.25) is 9.59 Å². The van der Waals surface area contributed by atoms with Crippen LogP contribution in [0.3, 0.4) is 0 Å². The van der Waals surface area contributed by atoms with E-state index in [1.807, 2.05) is 48.7 Å². The first kappa shape index (κ1) is 13.3. The number of para-hydroxylation sites is 1. The first-order valence-electron chi connectivity index (χ1n) is 7.22. The van der Waals surface area contributed by atoms with E-state index in [9.17, 15) is 9.59 Å². The third-order valence-electron chi connectivity index (χ3n) is 3.84. The summed E-state index contributed by atoms with van der Waals surface area (Å²) < 4.78 is 0. The summed E-state index contributed by atoms with van der Waals surface area (Å²) >= 11 is 0. The van der Waals surface area contributed by atoms with E-state index in [0.717, 1.165) is 10.9 Å². The lowest BCUT2D eigenvalue weighted by molar-refractivity contribution is 0.102. The van der Waals surface area contributed by atoms with E-state index in [2.05, 4.69) is 15.3 Å². The Morgan fingerprint density at radius 1 is 0.913 bits per heavy atom. The Balaban J connectivity index is 1.81. The highest BCUT2D eigenvalue weighted by atomic mass is 16.2. The molecule has 23 heavy (non-hydrogen) atoms. The fourth-order valence-corrected chi connectivity index (χ4v) is 2.78. The number of fused-ring (bicyclic) bond motifs is 2. The molecule has 0 radical (unpaired) electrons. The molecule has 0 atom stereocenters. The minimum atomic E-state index is -0.305. The molecule has 2 aromatic carbocycles. The predicted molar refractivity (Wildman–Crippen MR) is 90.8 cm³/mol. The highest BCUT2D eigenvalue weighted by Gasteiger charge is 2.13. The van der Waals surface area contributed by atoms with E-state index in [0.29, 0.717) is 22.2 Å². The molecule has 112 valence electrons. The molecule has 0 aliphatic carbocycles. The summed E-state index contributed by atoms with van der Waals surface area (Å²) in [5, 5.41) is 4.53. The molecule has 0 saturated carbocycles. The molecule has 0 bridgehead atoms. The number of benzene rings is 2. The highest BCUT2D eigenvalue weighted by Crippen LogP contribution is 2.23. The van der Waals surface area contributed by atoms with Crippen molar-refractivity contribution in [2.75, 3.05) is 5.32 Å². The van der Waals surface area contributed by atoms with Gasteiger partial charge < -0.3 is 15.3 Å². The second-order valence-corrected chi connectivity index (χ2v) is 5.29. The zero-order valence-corrected chi connectivity index (χ0v) is 12.1. The van der Waals surface area contributed by atoms with Gasteiger partial charge in [-0.15, -0.1) is 0 Å². The number of pyridine rings is 1. The zero-order chi connectivity index (χ0) is 15.8. The van der Waals surface area contributed by atoms with Gasteiger partial charge in [0.1, 0.15) is 0 Å². The van der Waals surface area contributed by atoms with Crippen LogP contribution in [-0.2, 0) is 0 Å². The van der Waals surface area contributed by atoms with Crippen LogP contribution in [-0.4, -0.2) is 15.9 Å². The molecule has 0 aliphatic rings.